The van der Waals surface area contributed by atoms with Gasteiger partial charge in [-0.05, 0) is 42.5 Å². The Labute approximate surface area is 174 Å². The van der Waals surface area contributed by atoms with Gasteiger partial charge in [-0.15, -0.1) is 5.10 Å². The predicted molar refractivity (Wildman–Crippen MR) is 116 cm³/mol. The Hall–Kier alpha value is -4.13. The van der Waals surface area contributed by atoms with Gasteiger partial charge in [-0.2, -0.15) is 10.1 Å². The first-order valence-corrected chi connectivity index (χ1v) is 9.45. The summed E-state index contributed by atoms with van der Waals surface area (Å²) in [6.45, 7) is 0.563. The number of hydrogen-bond acceptors (Lipinski definition) is 7. The van der Waals surface area contributed by atoms with E-state index in [1.807, 2.05) is 78.9 Å². The summed E-state index contributed by atoms with van der Waals surface area (Å²) in [6.07, 6.45) is 1.58. The molecule has 3 aromatic carbocycles. The summed E-state index contributed by atoms with van der Waals surface area (Å²) in [5, 5.41) is 14.5. The van der Waals surface area contributed by atoms with Gasteiger partial charge in [0, 0.05) is 17.8 Å². The molecule has 0 atom stereocenters. The molecule has 7 nitrogen and oxygen atoms in total. The second-order valence-corrected chi connectivity index (χ2v) is 6.40. The minimum atomic E-state index is 0.400. The van der Waals surface area contributed by atoms with E-state index in [1.54, 1.807) is 13.3 Å². The van der Waals surface area contributed by atoms with E-state index in [9.17, 15) is 0 Å². The summed E-state index contributed by atoms with van der Waals surface area (Å²) in [5.74, 6) is 3.37. The lowest BCUT2D eigenvalue weighted by Crippen LogP contribution is -2.06. The molecule has 1 heterocycles. The first-order chi connectivity index (χ1) is 14.8. The maximum Gasteiger partial charge on any atom is 0.249 e. The Balaban J connectivity index is 1.38. The van der Waals surface area contributed by atoms with E-state index in [2.05, 4.69) is 25.8 Å². The van der Waals surface area contributed by atoms with Crippen LogP contribution in [0.5, 0.6) is 17.2 Å². The topological polar surface area (TPSA) is 81.2 Å². The van der Waals surface area contributed by atoms with Gasteiger partial charge in [0.15, 0.2) is 5.82 Å². The monoisotopic (exact) mass is 399 g/mol. The van der Waals surface area contributed by atoms with E-state index in [0.717, 1.165) is 28.5 Å². The summed E-state index contributed by atoms with van der Waals surface area (Å²) in [6, 6.07) is 25.0. The van der Waals surface area contributed by atoms with Crippen LogP contribution in [-0.2, 0) is 6.54 Å². The normalized spacial score (nSPS) is 10.3. The van der Waals surface area contributed by atoms with Gasteiger partial charge < -0.3 is 20.1 Å². The zero-order valence-electron chi connectivity index (χ0n) is 16.4. The third-order valence-electron chi connectivity index (χ3n) is 4.30. The molecule has 0 saturated heterocycles. The van der Waals surface area contributed by atoms with Crippen molar-refractivity contribution in [3.8, 4) is 17.2 Å². The Morgan fingerprint density at radius 3 is 2.37 bits per heavy atom. The summed E-state index contributed by atoms with van der Waals surface area (Å²) >= 11 is 0. The van der Waals surface area contributed by atoms with Crippen molar-refractivity contribution in [1.82, 2.24) is 15.2 Å². The fourth-order valence-corrected chi connectivity index (χ4v) is 2.84. The Bertz CT molecular complexity index is 1090. The highest BCUT2D eigenvalue weighted by Gasteiger charge is 2.05. The minimum absolute atomic E-state index is 0.400. The maximum atomic E-state index is 5.80. The van der Waals surface area contributed by atoms with Crippen LogP contribution in [0, 0.1) is 0 Å². The molecule has 0 spiro atoms. The fourth-order valence-electron chi connectivity index (χ4n) is 2.84. The van der Waals surface area contributed by atoms with Gasteiger partial charge in [0.25, 0.3) is 0 Å². The smallest absolute Gasteiger partial charge is 0.249 e. The quantitative estimate of drug-likeness (QED) is 0.430. The van der Waals surface area contributed by atoms with E-state index in [0.29, 0.717) is 18.3 Å². The number of nitrogens with zero attached hydrogens (tertiary/aromatic N) is 3. The van der Waals surface area contributed by atoms with Crippen molar-refractivity contribution in [3.05, 3.63) is 90.6 Å². The van der Waals surface area contributed by atoms with Crippen LogP contribution in [0.4, 0.5) is 17.5 Å². The highest BCUT2D eigenvalue weighted by Crippen LogP contribution is 2.24. The number of hydrogen-bond donors (Lipinski definition) is 2. The zero-order chi connectivity index (χ0) is 20.6. The van der Waals surface area contributed by atoms with Crippen molar-refractivity contribution in [2.75, 3.05) is 17.7 Å². The summed E-state index contributed by atoms with van der Waals surface area (Å²) in [4.78, 5) is 4.46. The number of rotatable bonds is 8. The van der Waals surface area contributed by atoms with Gasteiger partial charge in [0.05, 0.1) is 13.3 Å². The molecule has 4 aromatic rings. The number of benzene rings is 3. The molecule has 0 aliphatic heterocycles. The van der Waals surface area contributed by atoms with E-state index < -0.39 is 0 Å². The molecule has 0 amide bonds. The van der Waals surface area contributed by atoms with E-state index in [4.69, 9.17) is 9.47 Å². The molecule has 4 rings (SSSR count). The molecular weight excluding hydrogens is 378 g/mol. The highest BCUT2D eigenvalue weighted by molar-refractivity contribution is 5.55. The maximum absolute atomic E-state index is 5.80. The molecule has 2 N–H and O–H groups in total. The minimum Gasteiger partial charge on any atom is -0.496 e. The number of anilines is 3. The Morgan fingerprint density at radius 2 is 1.57 bits per heavy atom. The SMILES string of the molecule is COc1ccccc1CNc1cnnc(Nc2ccc(Oc3ccccc3)cc2)n1. The molecular formula is C23H21N5O2. The van der Waals surface area contributed by atoms with Crippen LogP contribution < -0.4 is 20.1 Å². The van der Waals surface area contributed by atoms with Crippen LogP contribution in [0.15, 0.2) is 85.1 Å². The number of aromatic nitrogens is 3. The van der Waals surface area contributed by atoms with Crippen LogP contribution in [-0.4, -0.2) is 22.3 Å². The third kappa shape index (κ3) is 5.02. The van der Waals surface area contributed by atoms with E-state index in [-0.39, 0.29) is 0 Å². The van der Waals surface area contributed by atoms with Crippen molar-refractivity contribution < 1.29 is 9.47 Å². The van der Waals surface area contributed by atoms with Crippen molar-refractivity contribution in [3.63, 3.8) is 0 Å². The lowest BCUT2D eigenvalue weighted by atomic mass is 10.2. The molecule has 0 saturated carbocycles. The predicted octanol–water partition coefficient (Wildman–Crippen LogP) is 5.03. The van der Waals surface area contributed by atoms with Crippen LogP contribution in [0.3, 0.4) is 0 Å². The fraction of sp³-hybridized carbons (Fsp3) is 0.0870. The molecule has 0 bridgehead atoms. The van der Waals surface area contributed by atoms with Crippen molar-refractivity contribution >= 4 is 17.5 Å². The molecule has 7 heteroatoms. The molecule has 0 aliphatic carbocycles. The van der Waals surface area contributed by atoms with Crippen molar-refractivity contribution in [1.29, 1.82) is 0 Å². The molecule has 0 fully saturated rings. The van der Waals surface area contributed by atoms with Gasteiger partial charge in [0.2, 0.25) is 5.95 Å². The molecule has 30 heavy (non-hydrogen) atoms. The number of methoxy groups -OCH3 is 1. The Kier molecular flexibility index (Phi) is 6.00. The zero-order valence-corrected chi connectivity index (χ0v) is 16.4. The second-order valence-electron chi connectivity index (χ2n) is 6.40. The molecule has 0 unspecified atom stereocenters. The van der Waals surface area contributed by atoms with Gasteiger partial charge >= 0.3 is 0 Å². The van der Waals surface area contributed by atoms with Gasteiger partial charge in [-0.25, -0.2) is 0 Å². The van der Waals surface area contributed by atoms with Crippen LogP contribution in [0.1, 0.15) is 5.56 Å². The van der Waals surface area contributed by atoms with Gasteiger partial charge in [-0.3, -0.25) is 0 Å². The average molecular weight is 399 g/mol. The standard InChI is InChI=1S/C23H21N5O2/c1-29-21-10-6-5-7-17(21)15-24-22-16-25-28-23(27-22)26-18-11-13-20(14-12-18)30-19-8-3-2-4-9-19/h2-14,16H,15H2,1H3,(H2,24,26,27,28). The lowest BCUT2D eigenvalue weighted by molar-refractivity contribution is 0.410. The summed E-state index contributed by atoms with van der Waals surface area (Å²) in [5.41, 5.74) is 1.86. The molecule has 0 aliphatic rings. The number of ether oxygens (including phenoxy) is 2. The first-order valence-electron chi connectivity index (χ1n) is 9.45. The average Bonchev–Trinajstić information content (AvgIpc) is 2.80. The number of nitrogens with one attached hydrogen (secondary N) is 2. The van der Waals surface area contributed by atoms with Crippen molar-refractivity contribution in [2.24, 2.45) is 0 Å². The van der Waals surface area contributed by atoms with Crippen molar-refractivity contribution in [2.45, 2.75) is 6.54 Å². The van der Waals surface area contributed by atoms with Crippen LogP contribution in [0.25, 0.3) is 0 Å². The first kappa shape index (κ1) is 19.2. The second kappa shape index (κ2) is 9.38. The summed E-state index contributed by atoms with van der Waals surface area (Å²) in [7, 11) is 1.66. The highest BCUT2D eigenvalue weighted by atomic mass is 16.5. The molecule has 1 aromatic heterocycles. The Morgan fingerprint density at radius 1 is 0.833 bits per heavy atom. The molecule has 150 valence electrons. The van der Waals surface area contributed by atoms with Gasteiger partial charge in [0.1, 0.15) is 17.2 Å². The molecule has 0 radical (unpaired) electrons. The number of para-hydroxylation sites is 2. The third-order valence-corrected chi connectivity index (χ3v) is 4.30. The largest absolute Gasteiger partial charge is 0.496 e. The van der Waals surface area contributed by atoms with E-state index in [1.165, 1.54) is 0 Å². The van der Waals surface area contributed by atoms with Gasteiger partial charge in [-0.1, -0.05) is 36.4 Å². The lowest BCUT2D eigenvalue weighted by Gasteiger charge is -2.11. The van der Waals surface area contributed by atoms with E-state index >= 15 is 0 Å². The van der Waals surface area contributed by atoms with Crippen LogP contribution >= 0.6 is 0 Å². The summed E-state index contributed by atoms with van der Waals surface area (Å²) < 4.78 is 11.2. The van der Waals surface area contributed by atoms with Crippen LogP contribution in [0.2, 0.25) is 0 Å².